The average Bonchev–Trinajstić information content (AvgIpc) is 2.53. The molecule has 0 atom stereocenters. The van der Waals surface area contributed by atoms with Gasteiger partial charge in [-0.2, -0.15) is 0 Å². The highest BCUT2D eigenvalue weighted by atomic mass is 16.5. The summed E-state index contributed by atoms with van der Waals surface area (Å²) in [6.07, 6.45) is 7.15. The minimum absolute atomic E-state index is 0.569. The maximum absolute atomic E-state index is 5.07. The Bertz CT molecular complexity index is 288. The summed E-state index contributed by atoms with van der Waals surface area (Å²) in [5.41, 5.74) is 0. The monoisotopic (exact) mass is 312 g/mol. The largest absolute Gasteiger partial charge is 0.385 e. The molecule has 0 aromatic rings. The summed E-state index contributed by atoms with van der Waals surface area (Å²) in [4.78, 5) is 7.27. The van der Waals surface area contributed by atoms with Crippen LogP contribution in [-0.4, -0.2) is 63.3 Å². The van der Waals surface area contributed by atoms with E-state index in [4.69, 9.17) is 9.73 Å². The molecule has 0 aromatic carbocycles. The van der Waals surface area contributed by atoms with Crippen molar-refractivity contribution in [2.75, 3.05) is 46.4 Å². The molecule has 1 aliphatic rings. The van der Waals surface area contributed by atoms with Crippen LogP contribution in [0.5, 0.6) is 0 Å². The van der Waals surface area contributed by atoms with Crippen LogP contribution in [0.25, 0.3) is 0 Å². The zero-order valence-electron chi connectivity index (χ0n) is 14.9. The van der Waals surface area contributed by atoms with E-state index in [0.717, 1.165) is 38.5 Å². The molecule has 1 heterocycles. The summed E-state index contributed by atoms with van der Waals surface area (Å²) in [6.45, 7) is 10.7. The lowest BCUT2D eigenvalue weighted by atomic mass is 10.1. The third kappa shape index (κ3) is 8.59. The summed E-state index contributed by atoms with van der Waals surface area (Å²) < 4.78 is 5.07. The normalized spacial score (nSPS) is 17.7. The molecule has 0 spiro atoms. The smallest absolute Gasteiger partial charge is 0.191 e. The molecule has 0 amide bonds. The molecule has 0 aromatic heterocycles. The third-order valence-electron chi connectivity index (χ3n) is 4.09. The van der Waals surface area contributed by atoms with E-state index >= 15 is 0 Å². The van der Waals surface area contributed by atoms with Gasteiger partial charge in [-0.25, -0.2) is 0 Å². The highest BCUT2D eigenvalue weighted by Crippen LogP contribution is 2.10. The molecule has 22 heavy (non-hydrogen) atoms. The first-order valence-electron chi connectivity index (χ1n) is 9.06. The van der Waals surface area contributed by atoms with E-state index in [0.29, 0.717) is 6.04 Å². The topological polar surface area (TPSA) is 48.9 Å². The van der Waals surface area contributed by atoms with E-state index in [1.807, 2.05) is 0 Å². The molecule has 0 saturated carbocycles. The van der Waals surface area contributed by atoms with Gasteiger partial charge in [0.05, 0.1) is 0 Å². The number of hydrogen-bond donors (Lipinski definition) is 2. The van der Waals surface area contributed by atoms with Crippen molar-refractivity contribution in [3.05, 3.63) is 0 Å². The summed E-state index contributed by atoms with van der Waals surface area (Å²) in [5, 5.41) is 6.98. The van der Waals surface area contributed by atoms with Crippen molar-refractivity contribution in [1.29, 1.82) is 0 Å². The first kappa shape index (κ1) is 19.2. The van der Waals surface area contributed by atoms with Crippen LogP contribution in [0.15, 0.2) is 4.99 Å². The molecule has 130 valence electrons. The molecule has 0 bridgehead atoms. The Hall–Kier alpha value is -0.810. The van der Waals surface area contributed by atoms with E-state index in [9.17, 15) is 0 Å². The van der Waals surface area contributed by atoms with Crippen LogP contribution >= 0.6 is 0 Å². The third-order valence-corrected chi connectivity index (χ3v) is 4.09. The van der Waals surface area contributed by atoms with E-state index in [1.165, 1.54) is 45.3 Å². The lowest BCUT2D eigenvalue weighted by Gasteiger charge is -2.32. The van der Waals surface area contributed by atoms with Crippen molar-refractivity contribution in [3.8, 4) is 0 Å². The number of unbranched alkanes of at least 4 members (excludes halogenated alkanes) is 2. The maximum atomic E-state index is 5.07. The number of nitrogens with zero attached hydrogens (tertiary/aromatic N) is 2. The van der Waals surface area contributed by atoms with E-state index < -0.39 is 0 Å². The van der Waals surface area contributed by atoms with Crippen molar-refractivity contribution in [2.45, 2.75) is 58.4 Å². The fraction of sp³-hybridized carbons (Fsp3) is 0.941. The molecule has 1 rings (SSSR count). The Labute approximate surface area is 136 Å². The first-order valence-corrected chi connectivity index (χ1v) is 9.06. The van der Waals surface area contributed by atoms with Crippen LogP contribution in [-0.2, 0) is 4.74 Å². The number of nitrogens with one attached hydrogen (secondary N) is 2. The molecular formula is C17H36N4O. The van der Waals surface area contributed by atoms with Gasteiger partial charge in [0.15, 0.2) is 5.96 Å². The fourth-order valence-corrected chi connectivity index (χ4v) is 2.86. The van der Waals surface area contributed by atoms with E-state index in [1.54, 1.807) is 7.11 Å². The van der Waals surface area contributed by atoms with Gasteiger partial charge in [0.2, 0.25) is 0 Å². The van der Waals surface area contributed by atoms with Crippen molar-refractivity contribution < 1.29 is 4.74 Å². The minimum atomic E-state index is 0.569. The zero-order valence-corrected chi connectivity index (χ0v) is 14.9. The highest BCUT2D eigenvalue weighted by molar-refractivity contribution is 5.80. The van der Waals surface area contributed by atoms with Gasteiger partial charge in [-0.3, -0.25) is 4.99 Å². The second-order valence-corrected chi connectivity index (χ2v) is 6.07. The van der Waals surface area contributed by atoms with E-state index in [-0.39, 0.29) is 0 Å². The molecule has 1 aliphatic heterocycles. The van der Waals surface area contributed by atoms with E-state index in [2.05, 4.69) is 29.4 Å². The average molecular weight is 313 g/mol. The van der Waals surface area contributed by atoms with Gasteiger partial charge in [0, 0.05) is 45.9 Å². The second-order valence-electron chi connectivity index (χ2n) is 6.07. The number of aliphatic imine (C=N–C) groups is 1. The van der Waals surface area contributed by atoms with Gasteiger partial charge in [0.1, 0.15) is 0 Å². The minimum Gasteiger partial charge on any atom is -0.385 e. The van der Waals surface area contributed by atoms with Gasteiger partial charge >= 0.3 is 0 Å². The lowest BCUT2D eigenvalue weighted by molar-refractivity contribution is 0.192. The Morgan fingerprint density at radius 1 is 1.18 bits per heavy atom. The van der Waals surface area contributed by atoms with Crippen molar-refractivity contribution >= 4 is 5.96 Å². The molecule has 1 fully saturated rings. The van der Waals surface area contributed by atoms with Gasteiger partial charge < -0.3 is 20.3 Å². The van der Waals surface area contributed by atoms with Crippen LogP contribution in [0.3, 0.4) is 0 Å². The Morgan fingerprint density at radius 3 is 2.59 bits per heavy atom. The standard InChI is InChI=1S/C17H36N4O/c1-4-12-21-13-9-16(10-14-21)20-17(18-5-2)19-11-7-6-8-15-22-3/h16H,4-15H2,1-3H3,(H2,18,19,20). The predicted molar refractivity (Wildman–Crippen MR) is 94.6 cm³/mol. The quantitative estimate of drug-likeness (QED) is 0.369. The SMILES string of the molecule is CCCN1CCC(NC(=NCCCCCOC)NCC)CC1. The van der Waals surface area contributed by atoms with Crippen molar-refractivity contribution in [1.82, 2.24) is 15.5 Å². The summed E-state index contributed by atoms with van der Waals surface area (Å²) >= 11 is 0. The molecule has 2 N–H and O–H groups in total. The lowest BCUT2D eigenvalue weighted by Crippen LogP contribution is -2.48. The van der Waals surface area contributed by atoms with Gasteiger partial charge in [0.25, 0.3) is 0 Å². The van der Waals surface area contributed by atoms with Crippen LogP contribution < -0.4 is 10.6 Å². The highest BCUT2D eigenvalue weighted by Gasteiger charge is 2.19. The number of ether oxygens (including phenoxy) is 1. The second kappa shape index (κ2) is 12.7. The maximum Gasteiger partial charge on any atom is 0.191 e. The van der Waals surface area contributed by atoms with Gasteiger partial charge in [-0.1, -0.05) is 6.92 Å². The van der Waals surface area contributed by atoms with Crippen LogP contribution in [0, 0.1) is 0 Å². The molecule has 1 saturated heterocycles. The van der Waals surface area contributed by atoms with Gasteiger partial charge in [-0.05, 0) is 52.0 Å². The number of methoxy groups -OCH3 is 1. The molecular weight excluding hydrogens is 276 g/mol. The summed E-state index contributed by atoms with van der Waals surface area (Å²) in [5.74, 6) is 0.989. The zero-order chi connectivity index (χ0) is 16.0. The number of rotatable bonds is 10. The Balaban J connectivity index is 2.25. The predicted octanol–water partition coefficient (Wildman–Crippen LogP) is 2.23. The Kier molecular flexibility index (Phi) is 11.1. The summed E-state index contributed by atoms with van der Waals surface area (Å²) in [7, 11) is 1.76. The molecule has 0 unspecified atom stereocenters. The summed E-state index contributed by atoms with van der Waals surface area (Å²) in [6, 6.07) is 0.569. The van der Waals surface area contributed by atoms with Gasteiger partial charge in [-0.15, -0.1) is 0 Å². The van der Waals surface area contributed by atoms with Crippen LogP contribution in [0.4, 0.5) is 0 Å². The molecule has 0 radical (unpaired) electrons. The molecule has 5 nitrogen and oxygen atoms in total. The van der Waals surface area contributed by atoms with Crippen molar-refractivity contribution in [2.24, 2.45) is 4.99 Å². The Morgan fingerprint density at radius 2 is 1.95 bits per heavy atom. The first-order chi connectivity index (χ1) is 10.8. The molecule has 5 heteroatoms. The number of hydrogen-bond acceptors (Lipinski definition) is 3. The van der Waals surface area contributed by atoms with Crippen LogP contribution in [0.2, 0.25) is 0 Å². The number of guanidine groups is 1. The number of piperidine rings is 1. The fourth-order valence-electron chi connectivity index (χ4n) is 2.86. The van der Waals surface area contributed by atoms with Crippen molar-refractivity contribution in [3.63, 3.8) is 0 Å². The van der Waals surface area contributed by atoms with Crippen LogP contribution in [0.1, 0.15) is 52.4 Å². The number of likely N-dealkylation sites (tertiary alicyclic amines) is 1. The molecule has 0 aliphatic carbocycles.